The van der Waals surface area contributed by atoms with Crippen LogP contribution in [0.1, 0.15) is 0 Å². The summed E-state index contributed by atoms with van der Waals surface area (Å²) < 4.78 is 4.28. The third kappa shape index (κ3) is 2.44. The van der Waals surface area contributed by atoms with Gasteiger partial charge in [0.25, 0.3) is 6.48 Å². The lowest BCUT2D eigenvalue weighted by Crippen LogP contribution is -2.64. The molecule has 0 bridgehead atoms. The molecule has 0 spiro atoms. The average Bonchev–Trinajstić information content (AvgIpc) is 2.18. The molecule has 90 valence electrons. The normalized spacial score (nSPS) is 47.2. The van der Waals surface area contributed by atoms with E-state index in [9.17, 15) is 20.4 Å². The van der Waals surface area contributed by atoms with E-state index in [2.05, 4.69) is 4.74 Å². The SMILES string of the molecule is OC(O)OC1[C@@H](O)[C@H](O)C(O)[C@H](O)[C@@H]1O. The molecule has 0 radical (unpaired) electrons. The number of ether oxygens (including phenoxy) is 1. The van der Waals surface area contributed by atoms with Crippen molar-refractivity contribution in [3.63, 3.8) is 0 Å². The first kappa shape index (κ1) is 12.7. The van der Waals surface area contributed by atoms with Gasteiger partial charge in [-0.3, -0.25) is 0 Å². The molecule has 1 saturated carbocycles. The first-order valence-corrected chi connectivity index (χ1v) is 4.28. The minimum absolute atomic E-state index is 1.60. The summed E-state index contributed by atoms with van der Waals surface area (Å²) in [6.45, 7) is -2.27. The minimum atomic E-state index is -2.27. The van der Waals surface area contributed by atoms with E-state index in [1.807, 2.05) is 0 Å². The number of rotatable bonds is 2. The van der Waals surface area contributed by atoms with E-state index < -0.39 is 43.1 Å². The van der Waals surface area contributed by atoms with Gasteiger partial charge in [0.1, 0.15) is 36.6 Å². The van der Waals surface area contributed by atoms with Crippen LogP contribution in [0.2, 0.25) is 0 Å². The Kier molecular flexibility index (Phi) is 3.98. The molecular weight excluding hydrogens is 212 g/mol. The van der Waals surface area contributed by atoms with Gasteiger partial charge < -0.3 is 40.5 Å². The second kappa shape index (κ2) is 4.68. The van der Waals surface area contributed by atoms with Crippen LogP contribution in [0.5, 0.6) is 0 Å². The van der Waals surface area contributed by atoms with Crippen LogP contribution in [-0.4, -0.2) is 78.8 Å². The highest BCUT2D eigenvalue weighted by Crippen LogP contribution is 2.24. The molecule has 0 aromatic carbocycles. The lowest BCUT2D eigenvalue weighted by molar-refractivity contribution is -0.316. The minimum Gasteiger partial charge on any atom is -0.387 e. The highest BCUT2D eigenvalue weighted by atomic mass is 16.7. The molecule has 1 aliphatic carbocycles. The Balaban J connectivity index is 2.77. The van der Waals surface area contributed by atoms with Crippen molar-refractivity contribution in [2.75, 3.05) is 0 Å². The predicted molar refractivity (Wildman–Crippen MR) is 43.1 cm³/mol. The van der Waals surface area contributed by atoms with Crippen LogP contribution in [-0.2, 0) is 4.74 Å². The molecule has 8 nitrogen and oxygen atoms in total. The van der Waals surface area contributed by atoms with E-state index in [-0.39, 0.29) is 0 Å². The zero-order valence-corrected chi connectivity index (χ0v) is 7.58. The van der Waals surface area contributed by atoms with E-state index in [0.29, 0.717) is 0 Å². The summed E-state index contributed by atoms with van der Waals surface area (Å²) in [4.78, 5) is 0. The molecule has 0 aromatic rings. The van der Waals surface area contributed by atoms with Gasteiger partial charge in [0.2, 0.25) is 0 Å². The lowest BCUT2D eigenvalue weighted by atomic mass is 9.85. The lowest BCUT2D eigenvalue weighted by Gasteiger charge is -2.41. The highest BCUT2D eigenvalue weighted by Gasteiger charge is 2.49. The van der Waals surface area contributed by atoms with Crippen molar-refractivity contribution in [3.05, 3.63) is 0 Å². The van der Waals surface area contributed by atoms with Gasteiger partial charge in [0.15, 0.2) is 0 Å². The highest BCUT2D eigenvalue weighted by molar-refractivity contribution is 4.99. The van der Waals surface area contributed by atoms with Crippen molar-refractivity contribution in [2.45, 2.75) is 43.1 Å². The zero-order valence-electron chi connectivity index (χ0n) is 7.58. The number of aliphatic hydroxyl groups is 7. The second-order valence-corrected chi connectivity index (χ2v) is 3.38. The maximum absolute atomic E-state index is 9.32. The van der Waals surface area contributed by atoms with Gasteiger partial charge in [-0.05, 0) is 0 Å². The van der Waals surface area contributed by atoms with Crippen LogP contribution in [0, 0.1) is 0 Å². The topological polar surface area (TPSA) is 151 Å². The van der Waals surface area contributed by atoms with Gasteiger partial charge in [-0.2, -0.15) is 0 Å². The Morgan fingerprint density at radius 2 is 1.00 bits per heavy atom. The van der Waals surface area contributed by atoms with E-state index >= 15 is 0 Å². The first-order chi connectivity index (χ1) is 6.86. The summed E-state index contributed by atoms with van der Waals surface area (Å²) in [6, 6.07) is 0. The predicted octanol–water partition coefficient (Wildman–Crippen LogP) is -4.54. The van der Waals surface area contributed by atoms with Gasteiger partial charge in [-0.1, -0.05) is 0 Å². The fraction of sp³-hybridized carbons (Fsp3) is 1.00. The largest absolute Gasteiger partial charge is 0.387 e. The molecule has 0 saturated heterocycles. The Hall–Kier alpha value is -0.320. The first-order valence-electron chi connectivity index (χ1n) is 4.28. The molecule has 8 heteroatoms. The van der Waals surface area contributed by atoms with Crippen molar-refractivity contribution < 1.29 is 40.5 Å². The molecule has 2 unspecified atom stereocenters. The second-order valence-electron chi connectivity index (χ2n) is 3.38. The number of hydrogen-bond acceptors (Lipinski definition) is 8. The fourth-order valence-corrected chi connectivity index (χ4v) is 1.50. The maximum Gasteiger partial charge on any atom is 0.266 e. The van der Waals surface area contributed by atoms with Crippen LogP contribution in [0.4, 0.5) is 0 Å². The van der Waals surface area contributed by atoms with Crippen molar-refractivity contribution in [3.8, 4) is 0 Å². The van der Waals surface area contributed by atoms with Gasteiger partial charge in [-0.15, -0.1) is 0 Å². The molecule has 0 heterocycles. The standard InChI is InChI=1S/C7H14O8/c8-1-2(9)4(11)6(15-7(13)14)5(12)3(1)10/h1-14H/t1?,2-,3+,4-,5-,6?/m0/s1. The quantitative estimate of drug-likeness (QED) is 0.232. The smallest absolute Gasteiger partial charge is 0.266 e. The van der Waals surface area contributed by atoms with E-state index in [0.717, 1.165) is 0 Å². The van der Waals surface area contributed by atoms with Crippen molar-refractivity contribution in [2.24, 2.45) is 0 Å². The monoisotopic (exact) mass is 226 g/mol. The molecule has 1 rings (SSSR count). The van der Waals surface area contributed by atoms with Gasteiger partial charge in [-0.25, -0.2) is 0 Å². The van der Waals surface area contributed by atoms with E-state index in [1.54, 1.807) is 0 Å². The summed E-state index contributed by atoms with van der Waals surface area (Å²) in [5, 5.41) is 63.1. The van der Waals surface area contributed by atoms with Crippen LogP contribution in [0.25, 0.3) is 0 Å². The summed E-state index contributed by atoms with van der Waals surface area (Å²) in [5.74, 6) is 0. The van der Waals surface area contributed by atoms with Crippen molar-refractivity contribution in [1.82, 2.24) is 0 Å². The molecular formula is C7H14O8. The molecule has 0 aliphatic heterocycles. The van der Waals surface area contributed by atoms with Crippen LogP contribution in [0.15, 0.2) is 0 Å². The summed E-state index contributed by atoms with van der Waals surface area (Å²) in [5.41, 5.74) is 0. The zero-order chi connectivity index (χ0) is 11.7. The van der Waals surface area contributed by atoms with Crippen molar-refractivity contribution in [1.29, 1.82) is 0 Å². The molecule has 1 aliphatic rings. The van der Waals surface area contributed by atoms with Crippen LogP contribution < -0.4 is 0 Å². The Labute approximate surface area is 84.6 Å². The van der Waals surface area contributed by atoms with E-state index in [1.165, 1.54) is 0 Å². The molecule has 15 heavy (non-hydrogen) atoms. The van der Waals surface area contributed by atoms with Gasteiger partial charge in [0.05, 0.1) is 0 Å². The number of hydrogen-bond donors (Lipinski definition) is 7. The molecule has 0 amide bonds. The Morgan fingerprint density at radius 1 is 0.667 bits per heavy atom. The fourth-order valence-electron chi connectivity index (χ4n) is 1.50. The van der Waals surface area contributed by atoms with E-state index in [4.69, 9.17) is 15.3 Å². The number of aliphatic hydroxyl groups excluding tert-OH is 6. The van der Waals surface area contributed by atoms with Crippen LogP contribution >= 0.6 is 0 Å². The Bertz CT molecular complexity index is 193. The molecule has 0 aromatic heterocycles. The summed E-state index contributed by atoms with van der Waals surface area (Å²) in [6.07, 6.45) is -10.3. The third-order valence-electron chi connectivity index (χ3n) is 2.35. The third-order valence-corrected chi connectivity index (χ3v) is 2.35. The molecule has 6 atom stereocenters. The molecule has 1 fully saturated rings. The maximum atomic E-state index is 9.32. The summed E-state index contributed by atoms with van der Waals surface area (Å²) in [7, 11) is 0. The Morgan fingerprint density at radius 3 is 1.33 bits per heavy atom. The summed E-state index contributed by atoms with van der Waals surface area (Å²) >= 11 is 0. The van der Waals surface area contributed by atoms with Gasteiger partial charge >= 0.3 is 0 Å². The van der Waals surface area contributed by atoms with Crippen LogP contribution in [0.3, 0.4) is 0 Å². The average molecular weight is 226 g/mol. The molecule has 7 N–H and O–H groups in total. The van der Waals surface area contributed by atoms with Gasteiger partial charge in [0, 0.05) is 0 Å². The van der Waals surface area contributed by atoms with Crippen molar-refractivity contribution >= 4 is 0 Å².